The Morgan fingerprint density at radius 3 is 2.88 bits per heavy atom. The van der Waals surface area contributed by atoms with Crippen molar-refractivity contribution < 1.29 is 5.11 Å². The molecule has 3 heteroatoms. The van der Waals surface area contributed by atoms with Crippen LogP contribution in [0.25, 0.3) is 0 Å². The molecule has 0 aromatic rings. The summed E-state index contributed by atoms with van der Waals surface area (Å²) in [5.41, 5.74) is 0. The second-order valence-corrected chi connectivity index (χ2v) is 5.74. The number of hydrogen-bond donors (Lipinski definition) is 1. The molecule has 2 saturated heterocycles. The number of fused-ring (bicyclic) bond motifs is 1. The third kappa shape index (κ3) is 2.76. The molecule has 2 heterocycles. The summed E-state index contributed by atoms with van der Waals surface area (Å²) >= 11 is 0. The summed E-state index contributed by atoms with van der Waals surface area (Å²) in [6.07, 6.45) is 4.16. The Kier molecular flexibility index (Phi) is 4.22. The lowest BCUT2D eigenvalue weighted by molar-refractivity contribution is 0.00477. The first-order valence-corrected chi connectivity index (χ1v) is 6.79. The van der Waals surface area contributed by atoms with Gasteiger partial charge in [0.2, 0.25) is 0 Å². The topological polar surface area (TPSA) is 26.7 Å². The van der Waals surface area contributed by atoms with Crippen LogP contribution in [0.15, 0.2) is 0 Å². The van der Waals surface area contributed by atoms with Gasteiger partial charge in [-0.05, 0) is 32.2 Å². The summed E-state index contributed by atoms with van der Waals surface area (Å²) in [6, 6.07) is 1.44. The van der Waals surface area contributed by atoms with Gasteiger partial charge in [-0.1, -0.05) is 13.3 Å². The zero-order valence-corrected chi connectivity index (χ0v) is 10.7. The summed E-state index contributed by atoms with van der Waals surface area (Å²) in [4.78, 5) is 5.25. The molecule has 2 rings (SSSR count). The fourth-order valence-corrected chi connectivity index (χ4v) is 3.13. The standard InChI is InChI=1S/C13H26N2O/c1-11(10-16)7-15-9-13-5-3-4-6-14(13)8-12(15)2/h11-13,16H,3-10H2,1-2H3. The van der Waals surface area contributed by atoms with Gasteiger partial charge in [-0.15, -0.1) is 0 Å². The van der Waals surface area contributed by atoms with E-state index in [0.717, 1.165) is 12.6 Å². The van der Waals surface area contributed by atoms with E-state index in [2.05, 4.69) is 23.6 Å². The Morgan fingerprint density at radius 2 is 2.12 bits per heavy atom. The van der Waals surface area contributed by atoms with E-state index < -0.39 is 0 Å². The van der Waals surface area contributed by atoms with E-state index in [1.807, 2.05) is 0 Å². The summed E-state index contributed by atoms with van der Waals surface area (Å²) in [5, 5.41) is 9.15. The largest absolute Gasteiger partial charge is 0.396 e. The molecule has 3 unspecified atom stereocenters. The lowest BCUT2D eigenvalue weighted by Crippen LogP contribution is -2.59. The Balaban J connectivity index is 1.90. The number of rotatable bonds is 3. The van der Waals surface area contributed by atoms with Crippen molar-refractivity contribution in [1.82, 2.24) is 9.80 Å². The lowest BCUT2D eigenvalue weighted by Gasteiger charge is -2.48. The van der Waals surface area contributed by atoms with E-state index in [0.29, 0.717) is 18.6 Å². The third-order valence-corrected chi connectivity index (χ3v) is 4.17. The van der Waals surface area contributed by atoms with Gasteiger partial charge in [-0.25, -0.2) is 0 Å². The Labute approximate surface area is 99.4 Å². The fraction of sp³-hybridized carbons (Fsp3) is 1.00. The van der Waals surface area contributed by atoms with Crippen molar-refractivity contribution in [3.05, 3.63) is 0 Å². The first-order valence-electron chi connectivity index (χ1n) is 6.79. The maximum Gasteiger partial charge on any atom is 0.0468 e. The smallest absolute Gasteiger partial charge is 0.0468 e. The fourth-order valence-electron chi connectivity index (χ4n) is 3.13. The molecular formula is C13H26N2O. The van der Waals surface area contributed by atoms with Crippen molar-refractivity contribution in [3.8, 4) is 0 Å². The summed E-state index contributed by atoms with van der Waals surface area (Å²) in [5.74, 6) is 0.414. The maximum atomic E-state index is 9.15. The maximum absolute atomic E-state index is 9.15. The van der Waals surface area contributed by atoms with Crippen LogP contribution >= 0.6 is 0 Å². The van der Waals surface area contributed by atoms with Gasteiger partial charge in [0.25, 0.3) is 0 Å². The average Bonchev–Trinajstić information content (AvgIpc) is 2.30. The minimum atomic E-state index is 0.317. The molecule has 2 fully saturated rings. The van der Waals surface area contributed by atoms with Gasteiger partial charge >= 0.3 is 0 Å². The van der Waals surface area contributed by atoms with Gasteiger partial charge in [0.1, 0.15) is 0 Å². The van der Waals surface area contributed by atoms with Gasteiger partial charge in [0.05, 0.1) is 0 Å². The molecule has 0 aliphatic carbocycles. The number of piperazine rings is 1. The highest BCUT2D eigenvalue weighted by Gasteiger charge is 2.32. The normalized spacial score (nSPS) is 34.7. The molecule has 3 nitrogen and oxygen atoms in total. The SMILES string of the molecule is CC(CO)CN1CC2CCCCN2CC1C. The molecule has 3 atom stereocenters. The van der Waals surface area contributed by atoms with Crippen LogP contribution < -0.4 is 0 Å². The molecule has 0 radical (unpaired) electrons. The molecule has 0 aromatic carbocycles. The molecule has 2 aliphatic rings. The highest BCUT2D eigenvalue weighted by atomic mass is 16.3. The second-order valence-electron chi connectivity index (χ2n) is 5.74. The van der Waals surface area contributed by atoms with Crippen molar-refractivity contribution in [1.29, 1.82) is 0 Å². The summed E-state index contributed by atoms with van der Waals surface area (Å²) < 4.78 is 0. The van der Waals surface area contributed by atoms with Crippen LogP contribution in [0.2, 0.25) is 0 Å². The first kappa shape index (κ1) is 12.3. The van der Waals surface area contributed by atoms with Crippen LogP contribution in [0.5, 0.6) is 0 Å². The minimum Gasteiger partial charge on any atom is -0.396 e. The molecule has 0 aromatic heterocycles. The molecule has 0 saturated carbocycles. The average molecular weight is 226 g/mol. The monoisotopic (exact) mass is 226 g/mol. The first-order chi connectivity index (χ1) is 7.70. The quantitative estimate of drug-likeness (QED) is 0.782. The highest BCUT2D eigenvalue weighted by Crippen LogP contribution is 2.24. The van der Waals surface area contributed by atoms with Crippen LogP contribution in [-0.2, 0) is 0 Å². The number of nitrogens with zero attached hydrogens (tertiary/aromatic N) is 2. The van der Waals surface area contributed by atoms with Crippen molar-refractivity contribution in [2.75, 3.05) is 32.8 Å². The highest BCUT2D eigenvalue weighted by molar-refractivity contribution is 4.89. The summed E-state index contributed by atoms with van der Waals surface area (Å²) in [7, 11) is 0. The van der Waals surface area contributed by atoms with Gasteiger partial charge in [-0.2, -0.15) is 0 Å². The lowest BCUT2D eigenvalue weighted by atomic mass is 9.96. The molecular weight excluding hydrogens is 200 g/mol. The third-order valence-electron chi connectivity index (χ3n) is 4.17. The van der Waals surface area contributed by atoms with Crippen LogP contribution in [-0.4, -0.2) is 59.8 Å². The van der Waals surface area contributed by atoms with Crippen molar-refractivity contribution in [2.45, 2.75) is 45.2 Å². The zero-order chi connectivity index (χ0) is 11.5. The van der Waals surface area contributed by atoms with E-state index in [4.69, 9.17) is 5.11 Å². The number of aliphatic hydroxyl groups excluding tert-OH is 1. The zero-order valence-electron chi connectivity index (χ0n) is 10.7. The van der Waals surface area contributed by atoms with E-state index in [9.17, 15) is 0 Å². The number of hydrogen-bond acceptors (Lipinski definition) is 3. The molecule has 16 heavy (non-hydrogen) atoms. The van der Waals surface area contributed by atoms with Gasteiger partial charge < -0.3 is 5.11 Å². The van der Waals surface area contributed by atoms with Gasteiger partial charge in [0.15, 0.2) is 0 Å². The Morgan fingerprint density at radius 1 is 1.31 bits per heavy atom. The molecule has 0 bridgehead atoms. The van der Waals surface area contributed by atoms with Gasteiger partial charge in [0, 0.05) is 38.3 Å². The van der Waals surface area contributed by atoms with Crippen LogP contribution in [0.4, 0.5) is 0 Å². The molecule has 2 aliphatic heterocycles. The number of piperidine rings is 1. The van der Waals surface area contributed by atoms with E-state index >= 15 is 0 Å². The summed E-state index contributed by atoms with van der Waals surface area (Å²) in [6.45, 7) is 9.58. The van der Waals surface area contributed by atoms with E-state index in [1.54, 1.807) is 0 Å². The predicted octanol–water partition coefficient (Wildman–Crippen LogP) is 1.17. The molecule has 94 valence electrons. The molecule has 0 spiro atoms. The Hall–Kier alpha value is -0.120. The number of aliphatic hydroxyl groups is 1. The van der Waals surface area contributed by atoms with Gasteiger partial charge in [-0.3, -0.25) is 9.80 Å². The van der Waals surface area contributed by atoms with Crippen LogP contribution in [0.1, 0.15) is 33.1 Å². The van der Waals surface area contributed by atoms with Crippen LogP contribution in [0.3, 0.4) is 0 Å². The van der Waals surface area contributed by atoms with Crippen molar-refractivity contribution in [2.24, 2.45) is 5.92 Å². The predicted molar refractivity (Wildman–Crippen MR) is 66.5 cm³/mol. The van der Waals surface area contributed by atoms with E-state index in [-0.39, 0.29) is 0 Å². The minimum absolute atomic E-state index is 0.317. The Bertz CT molecular complexity index is 222. The molecule has 1 N–H and O–H groups in total. The van der Waals surface area contributed by atoms with Crippen molar-refractivity contribution in [3.63, 3.8) is 0 Å². The van der Waals surface area contributed by atoms with Crippen molar-refractivity contribution >= 4 is 0 Å². The molecule has 0 amide bonds. The van der Waals surface area contributed by atoms with Crippen LogP contribution in [0, 0.1) is 5.92 Å². The second kappa shape index (κ2) is 5.48. The van der Waals surface area contributed by atoms with E-state index in [1.165, 1.54) is 38.9 Å².